The van der Waals surface area contributed by atoms with Crippen molar-refractivity contribution in [1.29, 1.82) is 0 Å². The summed E-state index contributed by atoms with van der Waals surface area (Å²) in [6.45, 7) is 6.95. The molecular weight excluding hydrogens is 232 g/mol. The second kappa shape index (κ2) is 6.90. The van der Waals surface area contributed by atoms with Crippen molar-refractivity contribution in [3.63, 3.8) is 0 Å². The molecule has 0 aliphatic rings. The van der Waals surface area contributed by atoms with E-state index < -0.39 is 17.5 Å². The van der Waals surface area contributed by atoms with Gasteiger partial charge >= 0.3 is 12.0 Å². The van der Waals surface area contributed by atoms with Crippen LogP contribution in [-0.2, 0) is 4.79 Å². The average molecular weight is 254 g/mol. The first-order chi connectivity index (χ1) is 8.22. The minimum atomic E-state index is -1.04. The molecule has 0 radical (unpaired) electrons. The average Bonchev–Trinajstić information content (AvgIpc) is 2.23. The molecule has 0 aromatic carbocycles. The van der Waals surface area contributed by atoms with Crippen molar-refractivity contribution in [2.45, 2.75) is 52.1 Å². The van der Waals surface area contributed by atoms with Crippen LogP contribution in [0.15, 0.2) is 0 Å². The lowest BCUT2D eigenvalue weighted by molar-refractivity contribution is -0.138. The largest absolute Gasteiger partial charge is 0.480 e. The fraction of sp³-hybridized carbons (Fsp3) is 0.692. The van der Waals surface area contributed by atoms with E-state index in [1.54, 1.807) is 20.8 Å². The third-order valence-electron chi connectivity index (χ3n) is 2.53. The molecule has 1 unspecified atom stereocenters. The maximum absolute atomic E-state index is 12.1. The summed E-state index contributed by atoms with van der Waals surface area (Å²) in [5, 5.41) is 11.6. The molecule has 0 saturated heterocycles. The predicted octanol–water partition coefficient (Wildman–Crippen LogP) is 1.68. The number of hydrogen-bond acceptors (Lipinski definition) is 2. The molecule has 0 aromatic rings. The molecule has 0 saturated carbocycles. The number of carboxylic acid groups (broad SMARTS) is 1. The molecule has 0 aromatic heterocycles. The van der Waals surface area contributed by atoms with E-state index in [0.717, 1.165) is 0 Å². The van der Waals surface area contributed by atoms with Gasteiger partial charge in [0.15, 0.2) is 0 Å². The normalized spacial score (nSPS) is 12.4. The van der Waals surface area contributed by atoms with Gasteiger partial charge in [0.2, 0.25) is 0 Å². The van der Waals surface area contributed by atoms with E-state index in [1.165, 1.54) is 4.90 Å². The Labute approximate surface area is 109 Å². The third-order valence-corrected chi connectivity index (χ3v) is 2.53. The highest BCUT2D eigenvalue weighted by Gasteiger charge is 2.29. The molecule has 0 aliphatic carbocycles. The van der Waals surface area contributed by atoms with E-state index in [9.17, 15) is 9.59 Å². The fourth-order valence-corrected chi connectivity index (χ4v) is 1.44. The molecule has 0 heterocycles. The van der Waals surface area contributed by atoms with Gasteiger partial charge in [-0.2, -0.15) is 0 Å². The molecule has 0 aliphatic heterocycles. The highest BCUT2D eigenvalue weighted by atomic mass is 16.4. The predicted molar refractivity (Wildman–Crippen MR) is 70.2 cm³/mol. The van der Waals surface area contributed by atoms with Crippen LogP contribution in [0.25, 0.3) is 0 Å². The smallest absolute Gasteiger partial charge is 0.323 e. The summed E-state index contributed by atoms with van der Waals surface area (Å²) in [6.07, 6.45) is 6.36. The Kier molecular flexibility index (Phi) is 6.24. The number of terminal acetylenes is 1. The van der Waals surface area contributed by atoms with Gasteiger partial charge in [-0.25, -0.2) is 4.79 Å². The zero-order valence-electron chi connectivity index (χ0n) is 11.5. The van der Waals surface area contributed by atoms with E-state index in [2.05, 4.69) is 11.2 Å². The van der Waals surface area contributed by atoms with Gasteiger partial charge in [0.25, 0.3) is 0 Å². The van der Waals surface area contributed by atoms with Crippen LogP contribution < -0.4 is 5.32 Å². The number of nitrogens with zero attached hydrogens (tertiary/aromatic N) is 1. The van der Waals surface area contributed by atoms with Crippen LogP contribution in [-0.4, -0.2) is 40.1 Å². The van der Waals surface area contributed by atoms with Crippen molar-refractivity contribution >= 4 is 12.0 Å². The van der Waals surface area contributed by atoms with Crippen LogP contribution in [0.5, 0.6) is 0 Å². The SMILES string of the molecule is C#CCC(CC)NC(=O)N(CC(=O)O)C(C)(C)C. The van der Waals surface area contributed by atoms with Crippen LogP contribution in [0.3, 0.4) is 0 Å². The summed E-state index contributed by atoms with van der Waals surface area (Å²) in [5.41, 5.74) is -0.559. The third kappa shape index (κ3) is 5.58. The van der Waals surface area contributed by atoms with Gasteiger partial charge < -0.3 is 15.3 Å². The molecule has 0 bridgehead atoms. The van der Waals surface area contributed by atoms with Crippen molar-refractivity contribution < 1.29 is 14.7 Å². The number of carboxylic acids is 1. The first kappa shape index (κ1) is 16.3. The van der Waals surface area contributed by atoms with Gasteiger partial charge in [-0.1, -0.05) is 6.92 Å². The zero-order chi connectivity index (χ0) is 14.3. The quantitative estimate of drug-likeness (QED) is 0.733. The highest BCUT2D eigenvalue weighted by molar-refractivity contribution is 5.81. The minimum Gasteiger partial charge on any atom is -0.480 e. The summed E-state index contributed by atoms with van der Waals surface area (Å²) in [7, 11) is 0. The first-order valence-corrected chi connectivity index (χ1v) is 5.95. The van der Waals surface area contributed by atoms with Gasteiger partial charge in [-0.15, -0.1) is 12.3 Å². The van der Waals surface area contributed by atoms with Crippen LogP contribution in [0.2, 0.25) is 0 Å². The summed E-state index contributed by atoms with van der Waals surface area (Å²) in [6, 6.07) is -0.520. The van der Waals surface area contributed by atoms with Crippen molar-refractivity contribution in [2.24, 2.45) is 0 Å². The zero-order valence-corrected chi connectivity index (χ0v) is 11.5. The standard InChI is InChI=1S/C13H22N2O3/c1-6-8-10(7-2)14-12(18)15(9-11(16)17)13(3,4)5/h1,10H,7-9H2,2-5H3,(H,14,18)(H,16,17). The number of amides is 2. The molecule has 1 atom stereocenters. The Morgan fingerprint density at radius 3 is 2.33 bits per heavy atom. The molecule has 5 nitrogen and oxygen atoms in total. The number of carbonyl (C=O) groups excluding carboxylic acids is 1. The molecular formula is C13H22N2O3. The van der Waals surface area contributed by atoms with Gasteiger partial charge in [0.05, 0.1) is 0 Å². The Bertz CT molecular complexity index is 339. The minimum absolute atomic E-state index is 0.124. The van der Waals surface area contributed by atoms with Gasteiger partial charge in [0, 0.05) is 18.0 Å². The number of hydrogen-bond donors (Lipinski definition) is 2. The number of urea groups is 1. The molecule has 2 amide bonds. The number of aliphatic carboxylic acids is 1. The molecule has 5 heteroatoms. The van der Waals surface area contributed by atoms with Crippen LogP contribution in [0, 0.1) is 12.3 Å². The maximum Gasteiger partial charge on any atom is 0.323 e. The fourth-order valence-electron chi connectivity index (χ4n) is 1.44. The Balaban J connectivity index is 4.76. The monoisotopic (exact) mass is 254 g/mol. The van der Waals surface area contributed by atoms with E-state index in [1.807, 2.05) is 6.92 Å². The molecule has 18 heavy (non-hydrogen) atoms. The van der Waals surface area contributed by atoms with Crippen LogP contribution >= 0.6 is 0 Å². The lowest BCUT2D eigenvalue weighted by Crippen LogP contribution is -2.54. The molecule has 0 rings (SSSR count). The topological polar surface area (TPSA) is 69.6 Å². The lowest BCUT2D eigenvalue weighted by Gasteiger charge is -2.35. The Morgan fingerprint density at radius 1 is 1.44 bits per heavy atom. The van der Waals surface area contributed by atoms with E-state index >= 15 is 0 Å². The van der Waals surface area contributed by atoms with Gasteiger partial charge in [-0.3, -0.25) is 4.79 Å². The molecule has 102 valence electrons. The van der Waals surface area contributed by atoms with E-state index in [-0.39, 0.29) is 12.6 Å². The van der Waals surface area contributed by atoms with Gasteiger partial charge in [0.1, 0.15) is 6.54 Å². The van der Waals surface area contributed by atoms with Crippen molar-refractivity contribution in [3.05, 3.63) is 0 Å². The van der Waals surface area contributed by atoms with E-state index in [0.29, 0.717) is 12.8 Å². The maximum atomic E-state index is 12.1. The Morgan fingerprint density at radius 2 is 2.00 bits per heavy atom. The van der Waals surface area contributed by atoms with Crippen LogP contribution in [0.1, 0.15) is 40.5 Å². The molecule has 0 fully saturated rings. The van der Waals surface area contributed by atoms with Gasteiger partial charge in [-0.05, 0) is 27.2 Å². The summed E-state index contributed by atoms with van der Waals surface area (Å²) in [4.78, 5) is 24.1. The second-order valence-electron chi connectivity index (χ2n) is 5.11. The van der Waals surface area contributed by atoms with E-state index in [4.69, 9.17) is 11.5 Å². The summed E-state index contributed by atoms with van der Waals surface area (Å²) in [5.74, 6) is 1.46. The van der Waals surface area contributed by atoms with Crippen molar-refractivity contribution in [2.75, 3.05) is 6.54 Å². The van der Waals surface area contributed by atoms with Crippen LogP contribution in [0.4, 0.5) is 4.79 Å². The second-order valence-corrected chi connectivity index (χ2v) is 5.11. The van der Waals surface area contributed by atoms with Crippen molar-refractivity contribution in [1.82, 2.24) is 10.2 Å². The lowest BCUT2D eigenvalue weighted by atomic mass is 10.1. The summed E-state index contributed by atoms with van der Waals surface area (Å²) < 4.78 is 0. The number of rotatable bonds is 5. The first-order valence-electron chi connectivity index (χ1n) is 5.95. The highest BCUT2D eigenvalue weighted by Crippen LogP contribution is 2.13. The molecule has 0 spiro atoms. The van der Waals surface area contributed by atoms with Crippen molar-refractivity contribution in [3.8, 4) is 12.3 Å². The number of nitrogens with one attached hydrogen (secondary N) is 1. The summed E-state index contributed by atoms with van der Waals surface area (Å²) >= 11 is 0. The Hall–Kier alpha value is -1.70. The number of carbonyl (C=O) groups is 2. The molecule has 2 N–H and O–H groups in total.